The van der Waals surface area contributed by atoms with Crippen LogP contribution in [0.2, 0.25) is 0 Å². The Kier molecular flexibility index (Phi) is 7.46. The van der Waals surface area contributed by atoms with E-state index in [1.54, 1.807) is 0 Å². The molecule has 2 heteroatoms. The number of alkyl halides is 1. The predicted octanol–water partition coefficient (Wildman–Crippen LogP) is 9.09. The van der Waals surface area contributed by atoms with Gasteiger partial charge in [-0.15, -0.1) is 0 Å². The van der Waals surface area contributed by atoms with E-state index in [0.29, 0.717) is 5.92 Å². The van der Waals surface area contributed by atoms with Crippen LogP contribution in [-0.4, -0.2) is 12.6 Å². The molecule has 1 heterocycles. The molecule has 204 valence electrons. The van der Waals surface area contributed by atoms with Gasteiger partial charge in [0.2, 0.25) is 0 Å². The fourth-order valence-corrected chi connectivity index (χ4v) is 6.48. The first-order chi connectivity index (χ1) is 18.5. The smallest absolute Gasteiger partial charge is 0.176 e. The summed E-state index contributed by atoms with van der Waals surface area (Å²) in [6.07, 6.45) is 9.77. The Balaban J connectivity index is 1.47. The molecule has 1 fully saturated rings. The van der Waals surface area contributed by atoms with Crippen LogP contribution in [0, 0.1) is 12.8 Å². The Hall–Kier alpha value is -2.97. The van der Waals surface area contributed by atoms with Gasteiger partial charge in [-0.05, 0) is 78.8 Å². The van der Waals surface area contributed by atoms with E-state index >= 15 is 4.39 Å². The van der Waals surface area contributed by atoms with Gasteiger partial charge >= 0.3 is 0 Å². The summed E-state index contributed by atoms with van der Waals surface area (Å²) >= 11 is 0. The van der Waals surface area contributed by atoms with Gasteiger partial charge in [0.1, 0.15) is 0 Å². The highest BCUT2D eigenvalue weighted by atomic mass is 19.1. The van der Waals surface area contributed by atoms with Crippen molar-refractivity contribution in [3.8, 4) is 0 Å². The van der Waals surface area contributed by atoms with Crippen LogP contribution in [-0.2, 0) is 16.5 Å². The molecule has 1 N–H and O–H groups in total. The van der Waals surface area contributed by atoms with E-state index in [2.05, 4.69) is 114 Å². The van der Waals surface area contributed by atoms with E-state index in [0.717, 1.165) is 36.9 Å². The lowest BCUT2D eigenvalue weighted by Gasteiger charge is -2.36. The van der Waals surface area contributed by atoms with E-state index in [-0.39, 0.29) is 16.9 Å². The van der Waals surface area contributed by atoms with Crippen LogP contribution < -0.4 is 5.32 Å². The summed E-state index contributed by atoms with van der Waals surface area (Å²) in [5, 5.41) is 3.48. The van der Waals surface area contributed by atoms with Gasteiger partial charge < -0.3 is 5.32 Å². The highest BCUT2D eigenvalue weighted by molar-refractivity contribution is 5.45. The number of halogens is 1. The minimum atomic E-state index is -1.59. The third-order valence-electron chi connectivity index (χ3n) is 9.60. The van der Waals surface area contributed by atoms with E-state index in [1.807, 2.05) is 24.3 Å². The maximum atomic E-state index is 17.5. The molecule has 3 aromatic carbocycles. The lowest BCUT2D eigenvalue weighted by Crippen LogP contribution is -2.43. The molecular weight excluding hydrogens is 477 g/mol. The average Bonchev–Trinajstić information content (AvgIpc) is 3.49. The standard InChI is InChI=1S/C37H44FN/c1-26-9-13-28(14-10-26)35(3,4)30-17-21-32(22-18-30)37(38,34-8-7-25-39-34)33-23-19-31(20-24-33)36(5,6)29-15-11-27(2)12-16-29/h9-15,17-24,29,34,39H,7-8,16,25H2,1-6H3/t29?,34-,37?/m0/s1. The molecule has 0 bridgehead atoms. The van der Waals surface area contributed by atoms with Gasteiger partial charge in [0.05, 0.1) is 0 Å². The SMILES string of the molecule is CC1=CCC(C(C)(C)c2ccc(C(F)(c3ccc(C(C)(C)c4ccc(C)cc4)cc3)[C@@H]3CCCN3)cc2)C=C1. The van der Waals surface area contributed by atoms with Crippen LogP contribution in [0.25, 0.3) is 0 Å². The minimum Gasteiger partial charge on any atom is -0.310 e. The molecule has 1 saturated heterocycles. The molecule has 0 radical (unpaired) electrons. The zero-order valence-corrected chi connectivity index (χ0v) is 24.5. The van der Waals surface area contributed by atoms with Crippen molar-refractivity contribution < 1.29 is 4.39 Å². The summed E-state index contributed by atoms with van der Waals surface area (Å²) in [4.78, 5) is 0. The minimum absolute atomic E-state index is 0.0278. The molecule has 5 rings (SSSR count). The Morgan fingerprint density at radius 3 is 1.72 bits per heavy atom. The first kappa shape index (κ1) is 27.6. The van der Waals surface area contributed by atoms with E-state index in [4.69, 9.17) is 0 Å². The zero-order chi connectivity index (χ0) is 27.8. The first-order valence-electron chi connectivity index (χ1n) is 14.6. The first-order valence-corrected chi connectivity index (χ1v) is 14.6. The maximum Gasteiger partial charge on any atom is 0.176 e. The number of rotatable bonds is 7. The van der Waals surface area contributed by atoms with Gasteiger partial charge in [0.15, 0.2) is 5.67 Å². The molecule has 2 unspecified atom stereocenters. The van der Waals surface area contributed by atoms with Gasteiger partial charge in [-0.2, -0.15) is 0 Å². The quantitative estimate of drug-likeness (QED) is 0.327. The van der Waals surface area contributed by atoms with Crippen molar-refractivity contribution in [1.82, 2.24) is 5.32 Å². The number of hydrogen-bond donors (Lipinski definition) is 1. The number of hydrogen-bond acceptors (Lipinski definition) is 1. The average molecular weight is 522 g/mol. The molecule has 2 aliphatic rings. The largest absolute Gasteiger partial charge is 0.310 e. The van der Waals surface area contributed by atoms with E-state index in [1.165, 1.54) is 27.8 Å². The van der Waals surface area contributed by atoms with Crippen molar-refractivity contribution in [3.05, 3.63) is 130 Å². The van der Waals surface area contributed by atoms with Crippen molar-refractivity contribution in [3.63, 3.8) is 0 Å². The Morgan fingerprint density at radius 2 is 1.23 bits per heavy atom. The van der Waals surface area contributed by atoms with Crippen LogP contribution in [0.5, 0.6) is 0 Å². The molecule has 3 aromatic rings. The highest BCUT2D eigenvalue weighted by Gasteiger charge is 2.44. The van der Waals surface area contributed by atoms with Crippen LogP contribution in [0.1, 0.15) is 87.3 Å². The molecule has 1 aliphatic heterocycles. The fraction of sp³-hybridized carbons (Fsp3) is 0.405. The topological polar surface area (TPSA) is 12.0 Å². The Morgan fingerprint density at radius 1 is 0.718 bits per heavy atom. The summed E-state index contributed by atoms with van der Waals surface area (Å²) in [6.45, 7) is 14.2. The van der Waals surface area contributed by atoms with Gasteiger partial charge in [-0.1, -0.05) is 130 Å². The third-order valence-corrected chi connectivity index (χ3v) is 9.60. The molecule has 0 spiro atoms. The lowest BCUT2D eigenvalue weighted by atomic mass is 9.70. The molecule has 0 amide bonds. The van der Waals surface area contributed by atoms with Gasteiger partial charge in [-0.3, -0.25) is 0 Å². The van der Waals surface area contributed by atoms with Gasteiger partial charge in [0.25, 0.3) is 0 Å². The Bertz CT molecular complexity index is 1340. The highest BCUT2D eigenvalue weighted by Crippen LogP contribution is 2.43. The zero-order valence-electron chi connectivity index (χ0n) is 24.5. The molecule has 3 atom stereocenters. The number of benzene rings is 3. The van der Waals surface area contributed by atoms with E-state index in [9.17, 15) is 0 Å². The summed E-state index contributed by atoms with van der Waals surface area (Å²) in [6, 6.07) is 25.2. The van der Waals surface area contributed by atoms with Crippen molar-refractivity contribution in [2.24, 2.45) is 5.92 Å². The fourth-order valence-electron chi connectivity index (χ4n) is 6.48. The third kappa shape index (κ3) is 5.16. The normalized spacial score (nSPS) is 21.5. The molecule has 0 saturated carbocycles. The molecule has 1 nitrogen and oxygen atoms in total. The van der Waals surface area contributed by atoms with Crippen molar-refractivity contribution in [1.29, 1.82) is 0 Å². The summed E-state index contributed by atoms with van der Waals surface area (Å²) in [5.74, 6) is 0.433. The second-order valence-electron chi connectivity index (χ2n) is 12.9. The number of aryl methyl sites for hydroxylation is 1. The molecular formula is C37H44FN. The van der Waals surface area contributed by atoms with Crippen LogP contribution in [0.15, 0.2) is 96.6 Å². The summed E-state index contributed by atoms with van der Waals surface area (Å²) in [7, 11) is 0. The van der Waals surface area contributed by atoms with Crippen molar-refractivity contribution >= 4 is 0 Å². The van der Waals surface area contributed by atoms with Crippen LogP contribution >= 0.6 is 0 Å². The van der Waals surface area contributed by atoms with E-state index < -0.39 is 5.67 Å². The Labute approximate surface area is 235 Å². The monoisotopic (exact) mass is 521 g/mol. The lowest BCUT2D eigenvalue weighted by molar-refractivity contribution is 0.163. The number of allylic oxidation sites excluding steroid dienone is 4. The second kappa shape index (κ2) is 10.5. The molecule has 1 aliphatic carbocycles. The second-order valence-corrected chi connectivity index (χ2v) is 12.9. The van der Waals surface area contributed by atoms with Gasteiger partial charge in [-0.25, -0.2) is 4.39 Å². The number of nitrogens with one attached hydrogen (secondary N) is 1. The van der Waals surface area contributed by atoms with Crippen molar-refractivity contribution in [2.45, 2.75) is 83.3 Å². The molecule has 39 heavy (non-hydrogen) atoms. The van der Waals surface area contributed by atoms with Crippen LogP contribution in [0.3, 0.4) is 0 Å². The summed E-state index contributed by atoms with van der Waals surface area (Å²) < 4.78 is 17.5. The summed E-state index contributed by atoms with van der Waals surface area (Å²) in [5.41, 5.74) is 5.99. The maximum absolute atomic E-state index is 17.5. The van der Waals surface area contributed by atoms with Crippen molar-refractivity contribution in [2.75, 3.05) is 6.54 Å². The predicted molar refractivity (Wildman–Crippen MR) is 163 cm³/mol. The molecule has 0 aromatic heterocycles. The van der Waals surface area contributed by atoms with Crippen LogP contribution in [0.4, 0.5) is 4.39 Å². The van der Waals surface area contributed by atoms with Gasteiger partial charge in [0, 0.05) is 11.5 Å².